The summed E-state index contributed by atoms with van der Waals surface area (Å²) in [6.07, 6.45) is 1.07. The second-order valence-corrected chi connectivity index (χ2v) is 4.00. The first kappa shape index (κ1) is 13.9. The molecule has 0 aliphatic rings. The third kappa shape index (κ3) is 8.48. The fourth-order valence-corrected chi connectivity index (χ4v) is 1.10. The molecule has 0 aliphatic heterocycles. The first-order valence-corrected chi connectivity index (χ1v) is 5.55. The summed E-state index contributed by atoms with van der Waals surface area (Å²) in [6, 6.07) is 0. The van der Waals surface area contributed by atoms with Gasteiger partial charge >= 0.3 is 0 Å². The highest BCUT2D eigenvalue weighted by Crippen LogP contribution is 2.06. The number of likely N-dealkylation sites (N-methyl/N-ethyl adjacent to an activating group) is 1. The lowest BCUT2D eigenvalue weighted by atomic mass is 10.1. The molecule has 0 aliphatic carbocycles. The van der Waals surface area contributed by atoms with Gasteiger partial charge in [0.25, 0.3) is 0 Å². The minimum Gasteiger partial charge on any atom is -0.379 e. The molecule has 0 saturated heterocycles. The molecule has 0 fully saturated rings. The van der Waals surface area contributed by atoms with E-state index in [9.17, 15) is 0 Å². The molecular weight excluding hydrogens is 178 g/mol. The largest absolute Gasteiger partial charge is 0.379 e. The first-order chi connectivity index (χ1) is 6.62. The zero-order valence-corrected chi connectivity index (χ0v) is 10.1. The summed E-state index contributed by atoms with van der Waals surface area (Å²) in [5.41, 5.74) is -0.0917. The molecule has 14 heavy (non-hydrogen) atoms. The molecule has 1 N–H and O–H groups in total. The van der Waals surface area contributed by atoms with Crippen LogP contribution in [0.3, 0.4) is 0 Å². The van der Waals surface area contributed by atoms with Gasteiger partial charge in [-0.3, -0.25) is 0 Å². The van der Waals surface area contributed by atoms with Crippen molar-refractivity contribution < 1.29 is 9.47 Å². The van der Waals surface area contributed by atoms with E-state index >= 15 is 0 Å². The van der Waals surface area contributed by atoms with Gasteiger partial charge in [0.2, 0.25) is 0 Å². The molecule has 0 aromatic carbocycles. The van der Waals surface area contributed by atoms with Gasteiger partial charge in [0.05, 0.1) is 18.8 Å². The number of ether oxygens (including phenoxy) is 2. The number of rotatable bonds is 9. The fraction of sp³-hybridized carbons (Fsp3) is 1.00. The zero-order chi connectivity index (χ0) is 10.9. The monoisotopic (exact) mass is 203 g/mol. The zero-order valence-electron chi connectivity index (χ0n) is 10.1. The predicted octanol–water partition coefficient (Wildman–Crippen LogP) is 1.82. The average molecular weight is 203 g/mol. The summed E-state index contributed by atoms with van der Waals surface area (Å²) in [5, 5.41) is 3.27. The third-order valence-corrected chi connectivity index (χ3v) is 1.87. The van der Waals surface area contributed by atoms with Crippen LogP contribution < -0.4 is 5.32 Å². The van der Waals surface area contributed by atoms with Crippen molar-refractivity contribution in [1.29, 1.82) is 0 Å². The van der Waals surface area contributed by atoms with Crippen molar-refractivity contribution in [2.45, 2.75) is 39.7 Å². The van der Waals surface area contributed by atoms with E-state index in [1.807, 2.05) is 0 Å². The summed E-state index contributed by atoms with van der Waals surface area (Å²) in [5.74, 6) is 0. The van der Waals surface area contributed by atoms with Crippen LogP contribution in [-0.2, 0) is 9.47 Å². The number of hydrogen-bond acceptors (Lipinski definition) is 3. The van der Waals surface area contributed by atoms with Crippen LogP contribution in [0.1, 0.15) is 34.1 Å². The molecule has 0 radical (unpaired) electrons. The Bertz CT molecular complexity index is 126. The Kier molecular flexibility index (Phi) is 8.14. The molecule has 0 saturated carbocycles. The van der Waals surface area contributed by atoms with Gasteiger partial charge in [0, 0.05) is 13.2 Å². The lowest BCUT2D eigenvalue weighted by molar-refractivity contribution is -0.0441. The molecule has 86 valence electrons. The number of nitrogens with one attached hydrogen (secondary N) is 1. The summed E-state index contributed by atoms with van der Waals surface area (Å²) in [7, 11) is 0. The van der Waals surface area contributed by atoms with E-state index < -0.39 is 0 Å². The van der Waals surface area contributed by atoms with E-state index in [1.54, 1.807) is 0 Å². The van der Waals surface area contributed by atoms with Gasteiger partial charge in [-0.15, -0.1) is 0 Å². The predicted molar refractivity (Wildman–Crippen MR) is 59.7 cm³/mol. The molecule has 0 rings (SSSR count). The standard InChI is InChI=1S/C11H25NO2/c1-5-7-13-8-9-14-11(3,4)10-12-6-2/h12H,5-10H2,1-4H3. The average Bonchev–Trinajstić information content (AvgIpc) is 2.15. The maximum Gasteiger partial charge on any atom is 0.0751 e. The van der Waals surface area contributed by atoms with Crippen LogP contribution in [0.2, 0.25) is 0 Å². The van der Waals surface area contributed by atoms with Crippen LogP contribution in [0.25, 0.3) is 0 Å². The molecule has 0 atom stereocenters. The summed E-state index contributed by atoms with van der Waals surface area (Å²) < 4.78 is 11.0. The van der Waals surface area contributed by atoms with Crippen LogP contribution in [0.15, 0.2) is 0 Å². The lowest BCUT2D eigenvalue weighted by Crippen LogP contribution is -2.38. The molecule has 3 heteroatoms. The molecule has 0 heterocycles. The maximum atomic E-state index is 5.69. The molecule has 0 spiro atoms. The minimum atomic E-state index is -0.0917. The summed E-state index contributed by atoms with van der Waals surface area (Å²) in [4.78, 5) is 0. The van der Waals surface area contributed by atoms with Crippen LogP contribution in [0.5, 0.6) is 0 Å². The molecule has 0 aromatic heterocycles. The van der Waals surface area contributed by atoms with Gasteiger partial charge < -0.3 is 14.8 Å². The highest BCUT2D eigenvalue weighted by Gasteiger charge is 2.16. The highest BCUT2D eigenvalue weighted by atomic mass is 16.5. The van der Waals surface area contributed by atoms with E-state index in [1.165, 1.54) is 0 Å². The van der Waals surface area contributed by atoms with Gasteiger partial charge in [-0.05, 0) is 26.8 Å². The fourth-order valence-electron chi connectivity index (χ4n) is 1.10. The highest BCUT2D eigenvalue weighted by molar-refractivity contribution is 4.71. The Morgan fingerprint density at radius 3 is 2.36 bits per heavy atom. The molecule has 0 amide bonds. The van der Waals surface area contributed by atoms with E-state index in [0.717, 1.165) is 26.1 Å². The summed E-state index contributed by atoms with van der Waals surface area (Å²) in [6.45, 7) is 12.5. The maximum absolute atomic E-state index is 5.69. The second kappa shape index (κ2) is 8.21. The van der Waals surface area contributed by atoms with Crippen molar-refractivity contribution in [3.63, 3.8) is 0 Å². The van der Waals surface area contributed by atoms with Gasteiger partial charge in [-0.2, -0.15) is 0 Å². The van der Waals surface area contributed by atoms with Crippen LogP contribution in [-0.4, -0.2) is 38.5 Å². The molecule has 0 bridgehead atoms. The van der Waals surface area contributed by atoms with Gasteiger partial charge in [0.1, 0.15) is 0 Å². The van der Waals surface area contributed by atoms with E-state index in [-0.39, 0.29) is 5.60 Å². The molecular formula is C11H25NO2. The SMILES string of the molecule is CCCOCCOC(C)(C)CNCC. The first-order valence-electron chi connectivity index (χ1n) is 5.55. The molecule has 3 nitrogen and oxygen atoms in total. The normalized spacial score (nSPS) is 12.0. The quantitative estimate of drug-likeness (QED) is 0.580. The van der Waals surface area contributed by atoms with Crippen LogP contribution in [0.4, 0.5) is 0 Å². The Hall–Kier alpha value is -0.120. The van der Waals surface area contributed by atoms with Crippen molar-refractivity contribution in [3.8, 4) is 0 Å². The Morgan fingerprint density at radius 1 is 1.07 bits per heavy atom. The van der Waals surface area contributed by atoms with Crippen molar-refractivity contribution in [2.75, 3.05) is 32.9 Å². The Morgan fingerprint density at radius 2 is 1.79 bits per heavy atom. The molecule has 0 unspecified atom stereocenters. The van der Waals surface area contributed by atoms with E-state index in [4.69, 9.17) is 9.47 Å². The van der Waals surface area contributed by atoms with E-state index in [2.05, 4.69) is 33.0 Å². The van der Waals surface area contributed by atoms with E-state index in [0.29, 0.717) is 13.2 Å². The lowest BCUT2D eigenvalue weighted by Gasteiger charge is -2.25. The Labute approximate surface area is 88.2 Å². The van der Waals surface area contributed by atoms with Crippen LogP contribution >= 0.6 is 0 Å². The van der Waals surface area contributed by atoms with Crippen molar-refractivity contribution >= 4 is 0 Å². The Balaban J connectivity index is 3.35. The van der Waals surface area contributed by atoms with Gasteiger partial charge in [-0.1, -0.05) is 13.8 Å². The van der Waals surface area contributed by atoms with Crippen molar-refractivity contribution in [1.82, 2.24) is 5.32 Å². The number of hydrogen-bond donors (Lipinski definition) is 1. The van der Waals surface area contributed by atoms with Crippen LogP contribution in [0, 0.1) is 0 Å². The van der Waals surface area contributed by atoms with Crippen molar-refractivity contribution in [2.24, 2.45) is 0 Å². The molecule has 0 aromatic rings. The van der Waals surface area contributed by atoms with Crippen molar-refractivity contribution in [3.05, 3.63) is 0 Å². The minimum absolute atomic E-state index is 0.0917. The third-order valence-electron chi connectivity index (χ3n) is 1.87. The van der Waals surface area contributed by atoms with Gasteiger partial charge in [0.15, 0.2) is 0 Å². The topological polar surface area (TPSA) is 30.5 Å². The smallest absolute Gasteiger partial charge is 0.0751 e. The summed E-state index contributed by atoms with van der Waals surface area (Å²) >= 11 is 0. The second-order valence-electron chi connectivity index (χ2n) is 4.00. The van der Waals surface area contributed by atoms with Gasteiger partial charge in [-0.25, -0.2) is 0 Å².